The van der Waals surface area contributed by atoms with Gasteiger partial charge < -0.3 is 15.2 Å². The molecule has 3 rings (SSSR count). The summed E-state index contributed by atoms with van der Waals surface area (Å²) in [5.74, 6) is 0.903. The first kappa shape index (κ1) is 16.9. The molecule has 0 aromatic heterocycles. The van der Waals surface area contributed by atoms with Crippen molar-refractivity contribution in [2.75, 3.05) is 12.8 Å². The Labute approximate surface area is 149 Å². The molecule has 0 amide bonds. The standard InChI is InChI=1S/C17H17BrN2O3S/c1-24(21,22)23-15-7-5-12(6-8-15)17(10-16(19)20-11-17)13-3-2-4-14(18)9-13/h2-10,20H,11,19H2,1H3. The lowest BCUT2D eigenvalue weighted by Gasteiger charge is -2.28. The normalized spacial score (nSPS) is 20.3. The van der Waals surface area contributed by atoms with Crippen LogP contribution in [0.2, 0.25) is 0 Å². The van der Waals surface area contributed by atoms with Crippen LogP contribution >= 0.6 is 15.9 Å². The van der Waals surface area contributed by atoms with Gasteiger partial charge in [0.05, 0.1) is 17.5 Å². The maximum absolute atomic E-state index is 11.2. The predicted octanol–water partition coefficient (Wildman–Crippen LogP) is 2.48. The van der Waals surface area contributed by atoms with Crippen molar-refractivity contribution >= 4 is 26.0 Å². The maximum Gasteiger partial charge on any atom is 0.306 e. The van der Waals surface area contributed by atoms with Gasteiger partial charge in [-0.2, -0.15) is 8.42 Å². The summed E-state index contributed by atoms with van der Waals surface area (Å²) in [4.78, 5) is 0. The fourth-order valence-corrected chi connectivity index (χ4v) is 3.76. The van der Waals surface area contributed by atoms with Crippen molar-refractivity contribution in [2.45, 2.75) is 5.41 Å². The van der Waals surface area contributed by atoms with Crippen LogP contribution in [-0.2, 0) is 15.5 Å². The van der Waals surface area contributed by atoms with Crippen molar-refractivity contribution in [1.29, 1.82) is 0 Å². The van der Waals surface area contributed by atoms with Crippen LogP contribution in [-0.4, -0.2) is 21.2 Å². The lowest BCUT2D eigenvalue weighted by atomic mass is 9.75. The van der Waals surface area contributed by atoms with Gasteiger partial charge in [0.2, 0.25) is 0 Å². The molecule has 0 radical (unpaired) electrons. The minimum absolute atomic E-state index is 0.286. The highest BCUT2D eigenvalue weighted by Crippen LogP contribution is 2.38. The van der Waals surface area contributed by atoms with Gasteiger partial charge in [-0.1, -0.05) is 40.2 Å². The number of nitrogens with one attached hydrogen (secondary N) is 1. The average molecular weight is 409 g/mol. The zero-order chi connectivity index (χ0) is 17.4. The van der Waals surface area contributed by atoms with Crippen molar-refractivity contribution in [3.63, 3.8) is 0 Å². The number of rotatable bonds is 4. The number of nitrogens with two attached hydrogens (primary N) is 1. The Hall–Kier alpha value is -1.99. The molecule has 1 aliphatic heterocycles. The summed E-state index contributed by atoms with van der Waals surface area (Å²) in [5.41, 5.74) is 7.63. The Morgan fingerprint density at radius 3 is 2.42 bits per heavy atom. The molecule has 24 heavy (non-hydrogen) atoms. The van der Waals surface area contributed by atoms with Gasteiger partial charge in [-0.25, -0.2) is 0 Å². The molecule has 1 heterocycles. The largest absolute Gasteiger partial charge is 0.386 e. The summed E-state index contributed by atoms with van der Waals surface area (Å²) in [6.07, 6.45) is 3.01. The molecule has 0 saturated heterocycles. The van der Waals surface area contributed by atoms with E-state index in [1.54, 1.807) is 12.1 Å². The van der Waals surface area contributed by atoms with Gasteiger partial charge in [-0.3, -0.25) is 0 Å². The fraction of sp³-hybridized carbons (Fsp3) is 0.176. The van der Waals surface area contributed by atoms with Gasteiger partial charge in [0.1, 0.15) is 5.75 Å². The van der Waals surface area contributed by atoms with E-state index in [0.29, 0.717) is 12.4 Å². The van der Waals surface area contributed by atoms with E-state index in [1.807, 2.05) is 36.4 Å². The predicted molar refractivity (Wildman–Crippen MR) is 97.1 cm³/mol. The van der Waals surface area contributed by atoms with Gasteiger partial charge in [0.25, 0.3) is 0 Å². The van der Waals surface area contributed by atoms with Crippen molar-refractivity contribution in [2.24, 2.45) is 5.73 Å². The van der Waals surface area contributed by atoms with Gasteiger partial charge in [0.15, 0.2) is 0 Å². The summed E-state index contributed by atoms with van der Waals surface area (Å²) in [6, 6.07) is 15.1. The van der Waals surface area contributed by atoms with E-state index >= 15 is 0 Å². The zero-order valence-corrected chi connectivity index (χ0v) is 15.4. The van der Waals surface area contributed by atoms with Crippen LogP contribution < -0.4 is 15.2 Å². The van der Waals surface area contributed by atoms with Crippen LogP contribution in [0.1, 0.15) is 11.1 Å². The molecule has 126 valence electrons. The van der Waals surface area contributed by atoms with Crippen molar-refractivity contribution in [3.05, 3.63) is 76.0 Å². The van der Waals surface area contributed by atoms with E-state index in [0.717, 1.165) is 21.9 Å². The van der Waals surface area contributed by atoms with Crippen LogP contribution in [0.4, 0.5) is 0 Å². The zero-order valence-electron chi connectivity index (χ0n) is 13.0. The van der Waals surface area contributed by atoms with E-state index in [-0.39, 0.29) is 5.75 Å². The third-order valence-corrected chi connectivity index (χ3v) is 4.92. The van der Waals surface area contributed by atoms with E-state index in [1.165, 1.54) is 0 Å². The topological polar surface area (TPSA) is 81.4 Å². The second-order valence-corrected chi connectivity index (χ2v) is 8.24. The molecule has 5 nitrogen and oxygen atoms in total. The Balaban J connectivity index is 2.05. The number of hydrogen-bond acceptors (Lipinski definition) is 5. The third-order valence-electron chi connectivity index (χ3n) is 3.93. The minimum atomic E-state index is -3.54. The van der Waals surface area contributed by atoms with Gasteiger partial charge in [-0.15, -0.1) is 0 Å². The van der Waals surface area contributed by atoms with Gasteiger partial charge in [-0.05, 0) is 41.5 Å². The maximum atomic E-state index is 11.2. The van der Waals surface area contributed by atoms with Crippen LogP contribution in [0.15, 0.2) is 64.9 Å². The van der Waals surface area contributed by atoms with Crippen LogP contribution in [0.3, 0.4) is 0 Å². The number of benzene rings is 2. The molecule has 1 aliphatic rings. The Kier molecular flexibility index (Phi) is 4.31. The van der Waals surface area contributed by atoms with E-state index < -0.39 is 15.5 Å². The number of halogens is 1. The van der Waals surface area contributed by atoms with E-state index in [4.69, 9.17) is 9.92 Å². The summed E-state index contributed by atoms with van der Waals surface area (Å²) < 4.78 is 28.4. The first-order chi connectivity index (χ1) is 11.3. The molecule has 2 aromatic rings. The monoisotopic (exact) mass is 408 g/mol. The fourth-order valence-electron chi connectivity index (χ4n) is 2.90. The van der Waals surface area contributed by atoms with Gasteiger partial charge >= 0.3 is 10.1 Å². The number of hydrogen-bond donors (Lipinski definition) is 2. The Bertz CT molecular complexity index is 894. The SMILES string of the molecule is CS(=O)(=O)Oc1ccc(C2(c3cccc(Br)c3)C=C(N)NC2)cc1. The quantitative estimate of drug-likeness (QED) is 0.759. The molecular weight excluding hydrogens is 392 g/mol. The molecule has 0 aliphatic carbocycles. The average Bonchev–Trinajstić information content (AvgIpc) is 2.90. The van der Waals surface area contributed by atoms with E-state index in [2.05, 4.69) is 27.3 Å². The molecule has 0 saturated carbocycles. The van der Waals surface area contributed by atoms with Crippen molar-refractivity contribution in [1.82, 2.24) is 5.32 Å². The molecular formula is C17H17BrN2O3S. The molecule has 0 bridgehead atoms. The van der Waals surface area contributed by atoms with Crippen molar-refractivity contribution < 1.29 is 12.6 Å². The molecule has 0 spiro atoms. The second kappa shape index (κ2) is 6.14. The molecule has 3 N–H and O–H groups in total. The molecule has 1 unspecified atom stereocenters. The lowest BCUT2D eigenvalue weighted by Crippen LogP contribution is -2.31. The van der Waals surface area contributed by atoms with Crippen molar-refractivity contribution in [3.8, 4) is 5.75 Å². The summed E-state index contributed by atoms with van der Waals surface area (Å²) in [5, 5.41) is 3.18. The lowest BCUT2D eigenvalue weighted by molar-refractivity contribution is 0.492. The summed E-state index contributed by atoms with van der Waals surface area (Å²) in [7, 11) is -3.54. The molecule has 7 heteroatoms. The Morgan fingerprint density at radius 1 is 1.17 bits per heavy atom. The highest BCUT2D eigenvalue weighted by molar-refractivity contribution is 9.10. The Morgan fingerprint density at radius 2 is 1.88 bits per heavy atom. The second-order valence-electron chi connectivity index (χ2n) is 5.75. The minimum Gasteiger partial charge on any atom is -0.386 e. The van der Waals surface area contributed by atoms with Crippen LogP contribution in [0.5, 0.6) is 5.75 Å². The van der Waals surface area contributed by atoms with E-state index in [9.17, 15) is 8.42 Å². The van der Waals surface area contributed by atoms with Crippen LogP contribution in [0, 0.1) is 0 Å². The smallest absolute Gasteiger partial charge is 0.306 e. The summed E-state index contributed by atoms with van der Waals surface area (Å²) in [6.45, 7) is 0.627. The molecule has 1 atom stereocenters. The van der Waals surface area contributed by atoms with Crippen LogP contribution in [0.25, 0.3) is 0 Å². The van der Waals surface area contributed by atoms with Gasteiger partial charge in [0, 0.05) is 11.0 Å². The first-order valence-electron chi connectivity index (χ1n) is 7.27. The first-order valence-corrected chi connectivity index (χ1v) is 9.88. The third kappa shape index (κ3) is 3.42. The highest BCUT2D eigenvalue weighted by Gasteiger charge is 2.36. The highest BCUT2D eigenvalue weighted by atomic mass is 79.9. The molecule has 0 fully saturated rings. The molecule has 2 aromatic carbocycles. The summed E-state index contributed by atoms with van der Waals surface area (Å²) >= 11 is 3.51.